The maximum atomic E-state index is 12.2. The van der Waals surface area contributed by atoms with E-state index in [1.165, 1.54) is 31.2 Å². The lowest BCUT2D eigenvalue weighted by Crippen LogP contribution is -2.15. The van der Waals surface area contributed by atoms with Gasteiger partial charge in [0.15, 0.2) is 15.6 Å². The number of hydrogen-bond donors (Lipinski definition) is 1. The minimum atomic E-state index is -3.36. The average molecular weight is 345 g/mol. The van der Waals surface area contributed by atoms with Gasteiger partial charge in [-0.1, -0.05) is 12.1 Å². The highest BCUT2D eigenvalue weighted by molar-refractivity contribution is 7.92. The van der Waals surface area contributed by atoms with Crippen LogP contribution in [0.2, 0.25) is 0 Å². The van der Waals surface area contributed by atoms with Crippen LogP contribution in [0.25, 0.3) is 0 Å². The first kappa shape index (κ1) is 17.9. The second kappa shape index (κ2) is 6.97. The van der Waals surface area contributed by atoms with Crippen molar-refractivity contribution in [3.63, 3.8) is 0 Å². The minimum absolute atomic E-state index is 0.0886. The van der Waals surface area contributed by atoms with Gasteiger partial charge in [0.1, 0.15) is 0 Å². The summed E-state index contributed by atoms with van der Waals surface area (Å²) in [5, 5.41) is 2.17. The quantitative estimate of drug-likeness (QED) is 0.843. The third-order valence-corrected chi connectivity index (χ3v) is 5.76. The van der Waals surface area contributed by atoms with Crippen LogP contribution in [0, 0.1) is 0 Å². The van der Waals surface area contributed by atoms with Crippen LogP contribution in [-0.4, -0.2) is 25.4 Å². The number of hydrogen-bond acceptors (Lipinski definition) is 4. The lowest BCUT2D eigenvalue weighted by Gasteiger charge is -2.09. The Bertz CT molecular complexity index is 868. The molecule has 0 unspecified atom stereocenters. The van der Waals surface area contributed by atoms with Gasteiger partial charge in [0.25, 0.3) is 5.91 Å². The van der Waals surface area contributed by atoms with Crippen LogP contribution in [0.15, 0.2) is 53.4 Å². The monoisotopic (exact) mass is 345 g/mol. The third kappa shape index (κ3) is 3.89. The first-order valence-electron chi connectivity index (χ1n) is 7.48. The first-order valence-corrected chi connectivity index (χ1v) is 9.03. The minimum Gasteiger partial charge on any atom is -0.322 e. The zero-order valence-corrected chi connectivity index (χ0v) is 14.6. The number of benzene rings is 2. The molecule has 0 bridgehead atoms. The fourth-order valence-corrected chi connectivity index (χ4v) is 3.15. The normalized spacial score (nSPS) is 11.3. The Kier molecular flexibility index (Phi) is 5.19. The molecule has 126 valence electrons. The molecular weight excluding hydrogens is 326 g/mol. The van der Waals surface area contributed by atoms with Crippen molar-refractivity contribution in [1.82, 2.24) is 0 Å². The van der Waals surface area contributed by atoms with Crippen LogP contribution in [0.5, 0.6) is 0 Å². The van der Waals surface area contributed by atoms with E-state index in [9.17, 15) is 18.0 Å². The predicted molar refractivity (Wildman–Crippen MR) is 93.2 cm³/mol. The van der Waals surface area contributed by atoms with E-state index >= 15 is 0 Å². The molecule has 0 saturated heterocycles. The molecule has 0 saturated carbocycles. The largest absolute Gasteiger partial charge is 0.322 e. The molecular formula is C18H19NO4S. The zero-order valence-electron chi connectivity index (χ0n) is 13.7. The number of ketones is 1. The summed E-state index contributed by atoms with van der Waals surface area (Å²) in [6, 6.07) is 12.4. The van der Waals surface area contributed by atoms with Gasteiger partial charge in [0.2, 0.25) is 0 Å². The Labute approximate surface area is 141 Å². The van der Waals surface area contributed by atoms with E-state index in [1.54, 1.807) is 38.1 Å². The standard InChI is InChI=1S/C18H19NO4S/c1-12(2)24(22,23)17-9-7-14(8-10-17)18(21)19-16-6-4-5-15(11-16)13(3)20/h4-12H,1-3H3,(H,19,21). The molecule has 2 aromatic carbocycles. The number of rotatable bonds is 5. The number of carbonyl (C=O) groups excluding carboxylic acids is 2. The van der Waals surface area contributed by atoms with Crippen LogP contribution in [0.1, 0.15) is 41.5 Å². The zero-order chi connectivity index (χ0) is 17.9. The molecule has 0 aliphatic heterocycles. The van der Waals surface area contributed by atoms with E-state index in [0.29, 0.717) is 16.8 Å². The van der Waals surface area contributed by atoms with Gasteiger partial charge in [-0.25, -0.2) is 8.42 Å². The van der Waals surface area contributed by atoms with Crippen LogP contribution in [0.4, 0.5) is 5.69 Å². The predicted octanol–water partition coefficient (Wildman–Crippen LogP) is 3.32. The Hall–Kier alpha value is -2.47. The van der Waals surface area contributed by atoms with E-state index in [2.05, 4.69) is 5.32 Å². The van der Waals surface area contributed by atoms with E-state index in [4.69, 9.17) is 0 Å². The van der Waals surface area contributed by atoms with Crippen molar-refractivity contribution in [2.45, 2.75) is 30.9 Å². The summed E-state index contributed by atoms with van der Waals surface area (Å²) in [5.74, 6) is -0.460. The molecule has 0 aliphatic rings. The summed E-state index contributed by atoms with van der Waals surface area (Å²) in [6.45, 7) is 4.67. The number of amides is 1. The van der Waals surface area contributed by atoms with Gasteiger partial charge in [-0.2, -0.15) is 0 Å². The summed E-state index contributed by atoms with van der Waals surface area (Å²) in [6.07, 6.45) is 0. The number of carbonyl (C=O) groups is 2. The third-order valence-electron chi connectivity index (χ3n) is 3.59. The van der Waals surface area contributed by atoms with Crippen LogP contribution in [-0.2, 0) is 9.84 Å². The molecule has 6 heteroatoms. The van der Waals surface area contributed by atoms with Crippen LogP contribution in [0.3, 0.4) is 0 Å². The Morgan fingerprint density at radius 3 is 2.12 bits per heavy atom. The second-order valence-corrected chi connectivity index (χ2v) is 8.21. The molecule has 24 heavy (non-hydrogen) atoms. The molecule has 0 radical (unpaired) electrons. The van der Waals surface area contributed by atoms with Gasteiger partial charge in [-0.3, -0.25) is 9.59 Å². The molecule has 0 atom stereocenters. The summed E-state index contributed by atoms with van der Waals surface area (Å²) >= 11 is 0. The second-order valence-electron chi connectivity index (χ2n) is 5.71. The Balaban J connectivity index is 2.19. The van der Waals surface area contributed by atoms with E-state index < -0.39 is 15.1 Å². The van der Waals surface area contributed by atoms with Crippen LogP contribution < -0.4 is 5.32 Å². The average Bonchev–Trinajstić information content (AvgIpc) is 2.55. The van der Waals surface area contributed by atoms with Gasteiger partial charge in [-0.15, -0.1) is 0 Å². The van der Waals surface area contributed by atoms with Gasteiger partial charge in [-0.05, 0) is 57.2 Å². The number of sulfone groups is 1. The van der Waals surface area contributed by atoms with E-state index in [1.807, 2.05) is 0 Å². The van der Waals surface area contributed by atoms with Crippen molar-refractivity contribution >= 4 is 27.2 Å². The molecule has 5 nitrogen and oxygen atoms in total. The number of nitrogens with one attached hydrogen (secondary N) is 1. The lowest BCUT2D eigenvalue weighted by molar-refractivity contribution is 0.101. The van der Waals surface area contributed by atoms with Crippen molar-refractivity contribution in [1.29, 1.82) is 0 Å². The highest BCUT2D eigenvalue weighted by Gasteiger charge is 2.19. The van der Waals surface area contributed by atoms with Crippen molar-refractivity contribution in [3.05, 3.63) is 59.7 Å². The van der Waals surface area contributed by atoms with Crippen LogP contribution >= 0.6 is 0 Å². The molecule has 0 aromatic heterocycles. The molecule has 2 aromatic rings. The Morgan fingerprint density at radius 1 is 0.958 bits per heavy atom. The van der Waals surface area contributed by atoms with E-state index in [-0.39, 0.29) is 16.6 Å². The maximum absolute atomic E-state index is 12.2. The summed E-state index contributed by atoms with van der Waals surface area (Å²) < 4.78 is 24.1. The summed E-state index contributed by atoms with van der Waals surface area (Å²) in [4.78, 5) is 23.8. The fourth-order valence-electron chi connectivity index (χ4n) is 2.09. The topological polar surface area (TPSA) is 80.3 Å². The molecule has 0 heterocycles. The van der Waals surface area contributed by atoms with Crippen molar-refractivity contribution in [3.8, 4) is 0 Å². The molecule has 2 rings (SSSR count). The summed E-state index contributed by atoms with van der Waals surface area (Å²) in [7, 11) is -3.36. The van der Waals surface area contributed by atoms with Gasteiger partial charge in [0.05, 0.1) is 10.1 Å². The smallest absolute Gasteiger partial charge is 0.255 e. The number of anilines is 1. The number of Topliss-reactive ketones (excluding diaryl/α,β-unsaturated/α-hetero) is 1. The molecule has 1 amide bonds. The van der Waals surface area contributed by atoms with Crippen molar-refractivity contribution in [2.75, 3.05) is 5.32 Å². The highest BCUT2D eigenvalue weighted by Crippen LogP contribution is 2.18. The molecule has 1 N–H and O–H groups in total. The van der Waals surface area contributed by atoms with Crippen molar-refractivity contribution in [2.24, 2.45) is 0 Å². The first-order chi connectivity index (χ1) is 11.2. The SMILES string of the molecule is CC(=O)c1cccc(NC(=O)c2ccc(S(=O)(=O)C(C)C)cc2)c1. The maximum Gasteiger partial charge on any atom is 0.255 e. The van der Waals surface area contributed by atoms with Gasteiger partial charge >= 0.3 is 0 Å². The summed E-state index contributed by atoms with van der Waals surface area (Å²) in [5.41, 5.74) is 1.35. The lowest BCUT2D eigenvalue weighted by atomic mass is 10.1. The molecule has 0 fully saturated rings. The van der Waals surface area contributed by atoms with Crippen molar-refractivity contribution < 1.29 is 18.0 Å². The fraction of sp³-hybridized carbons (Fsp3) is 0.222. The molecule has 0 spiro atoms. The van der Waals surface area contributed by atoms with E-state index in [0.717, 1.165) is 0 Å². The van der Waals surface area contributed by atoms with Gasteiger partial charge in [0, 0.05) is 16.8 Å². The molecule has 0 aliphatic carbocycles. The Morgan fingerprint density at radius 2 is 1.58 bits per heavy atom. The highest BCUT2D eigenvalue weighted by atomic mass is 32.2. The van der Waals surface area contributed by atoms with Gasteiger partial charge < -0.3 is 5.32 Å².